The second-order valence-electron chi connectivity index (χ2n) is 5.77. The van der Waals surface area contributed by atoms with Crippen molar-refractivity contribution in [2.24, 2.45) is 4.40 Å². The van der Waals surface area contributed by atoms with Gasteiger partial charge in [0.25, 0.3) is 0 Å². The van der Waals surface area contributed by atoms with Gasteiger partial charge in [0.15, 0.2) is 0 Å². The SMILES string of the molecule is C/C(=N\[S@@+]([O-])C(C)(C)C)c1cccc(S(=O)(=O)C(F)F)c1C. The van der Waals surface area contributed by atoms with Crippen molar-refractivity contribution in [2.75, 3.05) is 0 Å². The molecule has 1 aromatic rings. The average Bonchev–Trinajstić information content (AvgIpc) is 2.37. The number of rotatable bonds is 4. The molecule has 0 radical (unpaired) electrons. The van der Waals surface area contributed by atoms with Crippen LogP contribution in [-0.4, -0.2) is 29.2 Å². The third-order valence-electron chi connectivity index (χ3n) is 2.96. The molecule has 0 aliphatic rings. The average molecular weight is 351 g/mol. The fourth-order valence-corrected chi connectivity index (χ4v) is 3.34. The van der Waals surface area contributed by atoms with Gasteiger partial charge in [-0.15, -0.1) is 0 Å². The van der Waals surface area contributed by atoms with Crippen LogP contribution in [0.2, 0.25) is 0 Å². The van der Waals surface area contributed by atoms with Crippen LogP contribution in [0.1, 0.15) is 38.8 Å². The van der Waals surface area contributed by atoms with Gasteiger partial charge in [0.2, 0.25) is 9.84 Å². The summed E-state index contributed by atoms with van der Waals surface area (Å²) in [5.74, 6) is -3.48. The normalized spacial score (nSPS) is 15.2. The highest BCUT2D eigenvalue weighted by Gasteiger charge is 2.30. The molecule has 124 valence electrons. The summed E-state index contributed by atoms with van der Waals surface area (Å²) >= 11 is -1.52. The predicted molar refractivity (Wildman–Crippen MR) is 84.5 cm³/mol. The van der Waals surface area contributed by atoms with Gasteiger partial charge in [-0.1, -0.05) is 16.5 Å². The van der Waals surface area contributed by atoms with E-state index in [9.17, 15) is 21.8 Å². The number of benzene rings is 1. The third-order valence-corrected chi connectivity index (χ3v) is 5.97. The van der Waals surface area contributed by atoms with E-state index >= 15 is 0 Å². The summed E-state index contributed by atoms with van der Waals surface area (Å²) in [6.07, 6.45) is 0. The summed E-state index contributed by atoms with van der Waals surface area (Å²) in [5, 5.41) is 0. The molecule has 8 heteroatoms. The fourth-order valence-electron chi connectivity index (χ4n) is 1.72. The third kappa shape index (κ3) is 4.05. The minimum Gasteiger partial charge on any atom is -0.591 e. The van der Waals surface area contributed by atoms with E-state index in [0.29, 0.717) is 11.3 Å². The molecule has 1 aromatic carbocycles. The lowest BCUT2D eigenvalue weighted by Crippen LogP contribution is -2.27. The lowest BCUT2D eigenvalue weighted by atomic mass is 10.1. The number of sulfone groups is 1. The monoisotopic (exact) mass is 351 g/mol. The maximum atomic E-state index is 12.7. The Morgan fingerprint density at radius 1 is 1.32 bits per heavy atom. The van der Waals surface area contributed by atoms with E-state index in [-0.39, 0.29) is 5.56 Å². The molecule has 1 atom stereocenters. The number of nitrogens with zero attached hydrogens (tertiary/aromatic N) is 1. The van der Waals surface area contributed by atoms with Gasteiger partial charge in [-0.05, 0) is 46.2 Å². The van der Waals surface area contributed by atoms with Crippen LogP contribution < -0.4 is 0 Å². The van der Waals surface area contributed by atoms with E-state index < -0.39 is 36.6 Å². The Kier molecular flexibility index (Phi) is 5.75. The van der Waals surface area contributed by atoms with Crippen LogP contribution in [0.25, 0.3) is 0 Å². The van der Waals surface area contributed by atoms with Crippen molar-refractivity contribution in [1.29, 1.82) is 0 Å². The minimum atomic E-state index is -4.68. The van der Waals surface area contributed by atoms with Crippen LogP contribution in [-0.2, 0) is 21.2 Å². The van der Waals surface area contributed by atoms with E-state index in [2.05, 4.69) is 4.40 Å². The molecule has 22 heavy (non-hydrogen) atoms. The number of hydrogen-bond donors (Lipinski definition) is 0. The van der Waals surface area contributed by atoms with Gasteiger partial charge < -0.3 is 4.55 Å². The number of alkyl halides is 2. The molecular weight excluding hydrogens is 332 g/mol. The molecule has 0 aromatic heterocycles. The lowest BCUT2D eigenvalue weighted by Gasteiger charge is -2.19. The van der Waals surface area contributed by atoms with E-state index in [1.54, 1.807) is 33.8 Å². The highest BCUT2D eigenvalue weighted by Crippen LogP contribution is 2.26. The Bertz CT molecular complexity index is 680. The van der Waals surface area contributed by atoms with Gasteiger partial charge in [-0.3, -0.25) is 0 Å². The first-order valence-electron chi connectivity index (χ1n) is 6.48. The molecule has 4 nitrogen and oxygen atoms in total. The quantitative estimate of drug-likeness (QED) is 0.617. The molecular formula is C14H19F2NO3S2. The molecule has 0 bridgehead atoms. The number of hydrogen-bond acceptors (Lipinski definition) is 4. The lowest BCUT2D eigenvalue weighted by molar-refractivity contribution is 0.234. The highest BCUT2D eigenvalue weighted by atomic mass is 32.2. The molecule has 0 saturated carbocycles. The van der Waals surface area contributed by atoms with E-state index in [0.717, 1.165) is 6.07 Å². The molecule has 0 amide bonds. The predicted octanol–water partition coefficient (Wildman–Crippen LogP) is 3.26. The molecule has 0 saturated heterocycles. The molecule has 0 aliphatic heterocycles. The van der Waals surface area contributed by atoms with Crippen molar-refractivity contribution in [3.8, 4) is 0 Å². The van der Waals surface area contributed by atoms with Gasteiger partial charge >= 0.3 is 5.76 Å². The summed E-state index contributed by atoms with van der Waals surface area (Å²) in [6, 6.07) is 4.07. The Balaban J connectivity index is 3.38. The van der Waals surface area contributed by atoms with Crippen molar-refractivity contribution in [3.63, 3.8) is 0 Å². The zero-order valence-corrected chi connectivity index (χ0v) is 14.7. The smallest absolute Gasteiger partial charge is 0.341 e. The number of halogens is 2. The van der Waals surface area contributed by atoms with Gasteiger partial charge in [0.1, 0.15) is 16.1 Å². The summed E-state index contributed by atoms with van der Waals surface area (Å²) in [4.78, 5) is -0.434. The first kappa shape index (κ1) is 19.1. The summed E-state index contributed by atoms with van der Waals surface area (Å²) in [7, 11) is -4.68. The summed E-state index contributed by atoms with van der Waals surface area (Å²) < 4.78 is 64.3. The first-order valence-corrected chi connectivity index (χ1v) is 9.13. The van der Waals surface area contributed by atoms with Crippen LogP contribution in [0.5, 0.6) is 0 Å². The first-order chi connectivity index (χ1) is 9.89. The molecule has 0 fully saturated rings. The van der Waals surface area contributed by atoms with Gasteiger partial charge in [0, 0.05) is 5.56 Å². The summed E-state index contributed by atoms with van der Waals surface area (Å²) in [6.45, 7) is 8.27. The van der Waals surface area contributed by atoms with Gasteiger partial charge in [-0.2, -0.15) is 8.78 Å². The van der Waals surface area contributed by atoms with Crippen LogP contribution in [0.4, 0.5) is 8.78 Å². The largest absolute Gasteiger partial charge is 0.591 e. The van der Waals surface area contributed by atoms with Crippen molar-refractivity contribution >= 4 is 26.9 Å². The molecule has 0 aliphatic carbocycles. The fraction of sp³-hybridized carbons (Fsp3) is 0.500. The van der Waals surface area contributed by atoms with Crippen LogP contribution in [0.15, 0.2) is 27.5 Å². The Labute approximate surface area is 132 Å². The second kappa shape index (κ2) is 6.64. The zero-order chi connectivity index (χ0) is 17.3. The molecule has 1 rings (SSSR count). The Morgan fingerprint density at radius 3 is 2.32 bits per heavy atom. The molecule has 0 N–H and O–H groups in total. The van der Waals surface area contributed by atoms with E-state index in [4.69, 9.17) is 0 Å². The Morgan fingerprint density at radius 2 is 1.86 bits per heavy atom. The van der Waals surface area contributed by atoms with Crippen LogP contribution in [0, 0.1) is 6.92 Å². The topological polar surface area (TPSA) is 69.6 Å². The van der Waals surface area contributed by atoms with Crippen molar-refractivity contribution in [3.05, 3.63) is 29.3 Å². The Hall–Kier alpha value is -0.990. The minimum absolute atomic E-state index is 0.176. The highest BCUT2D eigenvalue weighted by molar-refractivity contribution is 7.92. The zero-order valence-electron chi connectivity index (χ0n) is 13.1. The second-order valence-corrected chi connectivity index (χ2v) is 9.56. The van der Waals surface area contributed by atoms with Gasteiger partial charge in [0.05, 0.1) is 10.6 Å². The maximum absolute atomic E-state index is 12.7. The van der Waals surface area contributed by atoms with Crippen molar-refractivity contribution < 1.29 is 21.8 Å². The molecule has 0 unspecified atom stereocenters. The summed E-state index contributed by atoms with van der Waals surface area (Å²) in [5.41, 5.74) is 0.909. The van der Waals surface area contributed by atoms with Crippen LogP contribution >= 0.6 is 0 Å². The van der Waals surface area contributed by atoms with Gasteiger partial charge in [-0.25, -0.2) is 8.42 Å². The van der Waals surface area contributed by atoms with E-state index in [1.165, 1.54) is 13.0 Å². The van der Waals surface area contributed by atoms with Crippen LogP contribution in [0.3, 0.4) is 0 Å². The van der Waals surface area contributed by atoms with E-state index in [1.807, 2.05) is 0 Å². The maximum Gasteiger partial charge on any atom is 0.341 e. The molecule has 0 heterocycles. The van der Waals surface area contributed by atoms with Crippen molar-refractivity contribution in [2.45, 2.75) is 50.0 Å². The molecule has 0 spiro atoms. The standard InChI is InChI=1S/C14H19F2NO3S2/c1-9-11(10(2)17-21(18)14(3,4)5)7-6-8-12(9)22(19,20)13(15)16/h6-8,13H,1-5H3/b17-10+/t21-/m0/s1. The van der Waals surface area contributed by atoms with Crippen molar-refractivity contribution in [1.82, 2.24) is 0 Å².